The van der Waals surface area contributed by atoms with Gasteiger partial charge in [-0.2, -0.15) is 13.2 Å². The van der Waals surface area contributed by atoms with Crippen molar-refractivity contribution in [3.8, 4) is 0 Å². The zero-order valence-electron chi connectivity index (χ0n) is 6.82. The summed E-state index contributed by atoms with van der Waals surface area (Å²) in [6.45, 7) is 0. The molecule has 0 saturated heterocycles. The number of nitrogens with one attached hydrogen (secondary N) is 1. The van der Waals surface area contributed by atoms with Gasteiger partial charge in [0.25, 0.3) is 0 Å². The van der Waals surface area contributed by atoms with Crippen molar-refractivity contribution < 1.29 is 17.6 Å². The van der Waals surface area contributed by atoms with E-state index in [1.54, 1.807) is 6.20 Å². The quantitative estimate of drug-likeness (QED) is 0.696. The fraction of sp³-hybridized carbons (Fsp3) is 0.111. The molecule has 0 unspecified atom stereocenters. The van der Waals surface area contributed by atoms with E-state index in [0.29, 0.717) is 11.3 Å². The van der Waals surface area contributed by atoms with Crippen molar-refractivity contribution in [3.63, 3.8) is 0 Å². The van der Waals surface area contributed by atoms with Crippen molar-refractivity contribution in [3.05, 3.63) is 41.3 Å². The number of alkyl halides is 3. The fourth-order valence-corrected chi connectivity index (χ4v) is 1.12. The third kappa shape index (κ3) is 1.57. The summed E-state index contributed by atoms with van der Waals surface area (Å²) in [5.74, 6) is -1.25. The average Bonchev–Trinajstić information content (AvgIpc) is 2.83. The van der Waals surface area contributed by atoms with Crippen LogP contribution < -0.4 is 5.32 Å². The molecular weight excluding hydrogens is 198 g/mol. The van der Waals surface area contributed by atoms with Gasteiger partial charge in [-0.1, -0.05) is 6.07 Å². The Labute approximate surface area is 77.0 Å². The molecule has 2 rings (SSSR count). The largest absolute Gasteiger partial charge is 0.419 e. The van der Waals surface area contributed by atoms with E-state index in [0.717, 1.165) is 12.1 Å². The molecule has 1 heterocycles. The van der Waals surface area contributed by atoms with Crippen molar-refractivity contribution in [2.24, 2.45) is 0 Å². The van der Waals surface area contributed by atoms with Gasteiger partial charge < -0.3 is 5.32 Å². The van der Waals surface area contributed by atoms with Crippen LogP contribution in [0.1, 0.15) is 11.1 Å². The summed E-state index contributed by atoms with van der Waals surface area (Å²) in [6, 6.07) is 2.85. The van der Waals surface area contributed by atoms with Gasteiger partial charge in [0.2, 0.25) is 0 Å². The van der Waals surface area contributed by atoms with E-state index in [1.807, 2.05) is 0 Å². The summed E-state index contributed by atoms with van der Waals surface area (Å²) >= 11 is 0. The number of hydrogen-bond donors (Lipinski definition) is 1. The van der Waals surface area contributed by atoms with Gasteiger partial charge in [0.15, 0.2) is 0 Å². The van der Waals surface area contributed by atoms with Gasteiger partial charge in [-0.15, -0.1) is 0 Å². The molecule has 74 valence electrons. The van der Waals surface area contributed by atoms with Gasteiger partial charge in [0.1, 0.15) is 5.82 Å². The molecule has 5 heteroatoms. The third-order valence-corrected chi connectivity index (χ3v) is 1.87. The molecule has 0 spiro atoms. The molecule has 1 aliphatic heterocycles. The maximum atomic E-state index is 13.0. The second-order valence-electron chi connectivity index (χ2n) is 2.89. The Morgan fingerprint density at radius 3 is 2.21 bits per heavy atom. The van der Waals surface area contributed by atoms with E-state index < -0.39 is 17.6 Å². The first-order chi connectivity index (χ1) is 6.48. The highest BCUT2D eigenvalue weighted by molar-refractivity contribution is 5.74. The zero-order valence-corrected chi connectivity index (χ0v) is 6.82. The molecular formula is C9H5F4N. The van der Waals surface area contributed by atoms with Crippen LogP contribution in [0.5, 0.6) is 0 Å². The normalized spacial score (nSPS) is 14.7. The van der Waals surface area contributed by atoms with E-state index >= 15 is 0 Å². The summed E-state index contributed by atoms with van der Waals surface area (Å²) in [5, 5.41) is 2.68. The lowest BCUT2D eigenvalue weighted by Gasteiger charge is -2.07. The van der Waals surface area contributed by atoms with E-state index in [-0.39, 0.29) is 0 Å². The van der Waals surface area contributed by atoms with Crippen LogP contribution >= 0.6 is 0 Å². The van der Waals surface area contributed by atoms with Crippen LogP contribution in [0, 0.1) is 5.82 Å². The number of hydrogen-bond acceptors (Lipinski definition) is 1. The summed E-state index contributed by atoms with van der Waals surface area (Å²) < 4.78 is 49.3. The minimum Gasteiger partial charge on any atom is -0.358 e. The molecule has 1 nitrogen and oxygen atoms in total. The van der Waals surface area contributed by atoms with Gasteiger partial charge in [-0.25, -0.2) is 4.39 Å². The first-order valence-corrected chi connectivity index (χ1v) is 3.82. The molecule has 1 aromatic carbocycles. The minimum atomic E-state index is -4.63. The van der Waals surface area contributed by atoms with Crippen LogP contribution in [-0.4, -0.2) is 0 Å². The Morgan fingerprint density at radius 2 is 1.79 bits per heavy atom. The Kier molecular flexibility index (Phi) is 1.77. The Balaban J connectivity index is 2.41. The van der Waals surface area contributed by atoms with Crippen LogP contribution in [0.15, 0.2) is 24.4 Å². The minimum absolute atomic E-state index is 0.426. The summed E-state index contributed by atoms with van der Waals surface area (Å²) in [6.07, 6.45) is -3.05. The van der Waals surface area contributed by atoms with Crippen molar-refractivity contribution in [1.29, 1.82) is 0 Å². The molecule has 0 radical (unpaired) electrons. The van der Waals surface area contributed by atoms with Gasteiger partial charge >= 0.3 is 6.18 Å². The van der Waals surface area contributed by atoms with E-state index in [4.69, 9.17) is 0 Å². The molecule has 0 bridgehead atoms. The first kappa shape index (κ1) is 9.05. The highest BCUT2D eigenvalue weighted by Gasteiger charge is 2.34. The maximum absolute atomic E-state index is 13.0. The van der Waals surface area contributed by atoms with Gasteiger partial charge in [0, 0.05) is 11.8 Å². The maximum Gasteiger partial charge on any atom is 0.419 e. The second kappa shape index (κ2) is 2.73. The molecule has 1 aliphatic rings. The fourth-order valence-electron chi connectivity index (χ4n) is 1.12. The summed E-state index contributed by atoms with van der Waals surface area (Å²) in [7, 11) is 0. The topological polar surface area (TPSA) is 21.9 Å². The number of rotatable bonds is 1. The highest BCUT2D eigenvalue weighted by Crippen LogP contribution is 2.32. The molecule has 1 aromatic rings. The van der Waals surface area contributed by atoms with Crippen molar-refractivity contribution in [2.45, 2.75) is 6.18 Å². The van der Waals surface area contributed by atoms with Crippen molar-refractivity contribution in [2.75, 3.05) is 0 Å². The highest BCUT2D eigenvalue weighted by atomic mass is 19.4. The van der Waals surface area contributed by atoms with Crippen LogP contribution in [-0.2, 0) is 6.18 Å². The second-order valence-corrected chi connectivity index (χ2v) is 2.89. The molecule has 0 atom stereocenters. The Hall–Kier alpha value is -1.52. The van der Waals surface area contributed by atoms with Gasteiger partial charge in [-0.05, 0) is 12.1 Å². The monoisotopic (exact) mass is 203 g/mol. The summed E-state index contributed by atoms with van der Waals surface area (Å²) in [5.41, 5.74) is -0.157. The van der Waals surface area contributed by atoms with Crippen molar-refractivity contribution in [1.82, 2.24) is 5.32 Å². The zero-order chi connectivity index (χ0) is 10.3. The van der Waals surface area contributed by atoms with Crippen molar-refractivity contribution >= 4 is 5.70 Å². The molecule has 0 fully saturated rings. The first-order valence-electron chi connectivity index (χ1n) is 3.82. The van der Waals surface area contributed by atoms with E-state index in [2.05, 4.69) is 5.32 Å². The standard InChI is InChI=1S/C9H5F4N/c10-7-3-5(8-4-14-8)1-2-6(7)9(11,12)13/h1-4,14H. The number of benzene rings is 1. The van der Waals surface area contributed by atoms with E-state index in [9.17, 15) is 17.6 Å². The molecule has 0 aromatic heterocycles. The SMILES string of the molecule is Fc1cc(C2=CN2)ccc1C(F)(F)F. The molecule has 1 N–H and O–H groups in total. The molecule has 0 amide bonds. The van der Waals surface area contributed by atoms with Crippen LogP contribution in [0.4, 0.5) is 17.6 Å². The molecule has 14 heavy (non-hydrogen) atoms. The predicted octanol–water partition coefficient (Wildman–Crippen LogP) is 2.75. The Bertz CT molecular complexity index is 406. The average molecular weight is 203 g/mol. The third-order valence-electron chi connectivity index (χ3n) is 1.87. The van der Waals surface area contributed by atoms with Crippen LogP contribution in [0.25, 0.3) is 5.70 Å². The predicted molar refractivity (Wildman–Crippen MR) is 42.5 cm³/mol. The van der Waals surface area contributed by atoms with E-state index in [1.165, 1.54) is 6.07 Å². The Morgan fingerprint density at radius 1 is 1.14 bits per heavy atom. The van der Waals surface area contributed by atoms with Gasteiger partial charge in [0.05, 0.1) is 11.3 Å². The smallest absolute Gasteiger partial charge is 0.358 e. The van der Waals surface area contributed by atoms with Crippen LogP contribution in [0.3, 0.4) is 0 Å². The van der Waals surface area contributed by atoms with Gasteiger partial charge in [-0.3, -0.25) is 0 Å². The number of halogens is 4. The lowest BCUT2D eigenvalue weighted by Crippen LogP contribution is -2.08. The molecule has 0 aliphatic carbocycles. The summed E-state index contributed by atoms with van der Waals surface area (Å²) in [4.78, 5) is 0. The molecule has 0 saturated carbocycles. The van der Waals surface area contributed by atoms with Crippen LogP contribution in [0.2, 0.25) is 0 Å². The lowest BCUT2D eigenvalue weighted by atomic mass is 10.1. The lowest BCUT2D eigenvalue weighted by molar-refractivity contribution is -0.140.